The van der Waals surface area contributed by atoms with Gasteiger partial charge in [0.2, 0.25) is 23.6 Å². The lowest BCUT2D eigenvalue weighted by atomic mass is 9.58. The van der Waals surface area contributed by atoms with Crippen LogP contribution in [-0.2, 0) is 19.2 Å². The number of aromatic hydroxyl groups is 1. The number of imide groups is 2. The zero-order chi connectivity index (χ0) is 25.0. The van der Waals surface area contributed by atoms with Crippen molar-refractivity contribution < 1.29 is 29.0 Å². The summed E-state index contributed by atoms with van der Waals surface area (Å²) < 4.78 is 5.21. The van der Waals surface area contributed by atoms with Gasteiger partial charge in [-0.15, -0.1) is 0 Å². The fraction of sp³-hybridized carbons (Fsp3) is 0.481. The minimum absolute atomic E-state index is 0.0310. The number of amides is 4. The summed E-state index contributed by atoms with van der Waals surface area (Å²) >= 11 is 0. The van der Waals surface area contributed by atoms with Gasteiger partial charge >= 0.3 is 0 Å². The normalized spacial score (nSPS) is 32.1. The third kappa shape index (κ3) is 3.41. The van der Waals surface area contributed by atoms with Crippen LogP contribution in [0.4, 0.5) is 0 Å². The molecule has 1 saturated carbocycles. The molecule has 1 aromatic rings. The fourth-order valence-corrected chi connectivity index (χ4v) is 6.62. The van der Waals surface area contributed by atoms with Crippen molar-refractivity contribution >= 4 is 29.7 Å². The molecule has 2 saturated heterocycles. The van der Waals surface area contributed by atoms with Crippen LogP contribution in [0.15, 0.2) is 35.9 Å². The SMILES string of the molecule is CCN1C(=O)[C@H]2[C@H](CC=C3[C@H]2C[C@H]2C(=O)N(CC)C(=O)[C@H]2[C@H]3C=Cc2ccc(O)c(OC)c2)C1=O. The molecule has 0 aromatic heterocycles. The van der Waals surface area contributed by atoms with E-state index in [0.717, 1.165) is 11.1 Å². The lowest BCUT2D eigenvalue weighted by Crippen LogP contribution is -2.43. The van der Waals surface area contributed by atoms with Crippen LogP contribution in [-0.4, -0.2) is 58.7 Å². The summed E-state index contributed by atoms with van der Waals surface area (Å²) in [6, 6.07) is 4.99. The molecule has 5 rings (SSSR count). The molecule has 2 aliphatic heterocycles. The van der Waals surface area contributed by atoms with Crippen molar-refractivity contribution in [3.05, 3.63) is 41.5 Å². The van der Waals surface area contributed by atoms with Gasteiger partial charge in [0, 0.05) is 19.0 Å². The summed E-state index contributed by atoms with van der Waals surface area (Å²) in [5, 5.41) is 9.92. The molecule has 3 fully saturated rings. The maximum absolute atomic E-state index is 13.3. The first-order valence-electron chi connectivity index (χ1n) is 12.3. The van der Waals surface area contributed by atoms with Crippen LogP contribution in [0.1, 0.15) is 32.3 Å². The van der Waals surface area contributed by atoms with Crippen molar-refractivity contribution in [2.24, 2.45) is 35.5 Å². The van der Waals surface area contributed by atoms with Gasteiger partial charge < -0.3 is 9.84 Å². The lowest BCUT2D eigenvalue weighted by Gasteiger charge is -2.42. The number of allylic oxidation sites excluding steroid dienone is 3. The second-order valence-corrected chi connectivity index (χ2v) is 9.70. The van der Waals surface area contributed by atoms with Crippen LogP contribution in [0.5, 0.6) is 11.5 Å². The number of rotatable bonds is 5. The Morgan fingerprint density at radius 1 is 0.943 bits per heavy atom. The number of fused-ring (bicyclic) bond motifs is 4. The van der Waals surface area contributed by atoms with E-state index in [9.17, 15) is 24.3 Å². The van der Waals surface area contributed by atoms with Crippen LogP contribution in [0.3, 0.4) is 0 Å². The van der Waals surface area contributed by atoms with E-state index in [0.29, 0.717) is 31.7 Å². The highest BCUT2D eigenvalue weighted by molar-refractivity contribution is 6.07. The standard InChI is InChI=1S/C27H30N2O6/c1-4-28-24(31)17-10-9-15-16(8-6-14-7-11-20(30)21(12-14)35-3)22-19(13-18(15)23(17)27(28)34)25(32)29(5-2)26(22)33/h6-9,11-12,16-19,22-23,30H,4-5,10,13H2,1-3H3/t16-,17-,18+,19+,22-,23-/m0/s1. The van der Waals surface area contributed by atoms with Crippen molar-refractivity contribution in [2.75, 3.05) is 20.2 Å². The molecule has 8 nitrogen and oxygen atoms in total. The van der Waals surface area contributed by atoms with Crippen LogP contribution in [0, 0.1) is 35.5 Å². The Balaban J connectivity index is 1.56. The largest absolute Gasteiger partial charge is 0.504 e. The molecule has 4 amide bonds. The highest BCUT2D eigenvalue weighted by Gasteiger charge is 2.60. The van der Waals surface area contributed by atoms with Crippen molar-refractivity contribution in [3.8, 4) is 11.5 Å². The number of likely N-dealkylation sites (tertiary alicyclic amines) is 2. The minimum Gasteiger partial charge on any atom is -0.504 e. The summed E-state index contributed by atoms with van der Waals surface area (Å²) in [5.74, 6) is -2.79. The molecule has 4 aliphatic rings. The second-order valence-electron chi connectivity index (χ2n) is 9.70. The number of hydrogen-bond donors (Lipinski definition) is 1. The average molecular weight is 479 g/mol. The average Bonchev–Trinajstić information content (AvgIpc) is 3.25. The third-order valence-electron chi connectivity index (χ3n) is 8.22. The Hall–Kier alpha value is -3.42. The van der Waals surface area contributed by atoms with Crippen molar-refractivity contribution in [1.82, 2.24) is 9.80 Å². The van der Waals surface area contributed by atoms with Crippen LogP contribution in [0.2, 0.25) is 0 Å². The van der Waals surface area contributed by atoms with Crippen molar-refractivity contribution in [2.45, 2.75) is 26.7 Å². The Kier molecular flexibility index (Phi) is 5.77. The quantitative estimate of drug-likeness (QED) is 0.515. The Bertz CT molecular complexity index is 1170. The van der Waals surface area contributed by atoms with Gasteiger partial charge in [-0.25, -0.2) is 0 Å². The summed E-state index contributed by atoms with van der Waals surface area (Å²) in [4.78, 5) is 55.3. The summed E-state index contributed by atoms with van der Waals surface area (Å²) in [5.41, 5.74) is 1.76. The number of ether oxygens (including phenoxy) is 1. The first kappa shape index (κ1) is 23.3. The van der Waals surface area contributed by atoms with Crippen LogP contribution >= 0.6 is 0 Å². The van der Waals surface area contributed by atoms with Gasteiger partial charge in [-0.2, -0.15) is 0 Å². The van der Waals surface area contributed by atoms with E-state index in [4.69, 9.17) is 4.74 Å². The predicted molar refractivity (Wildman–Crippen MR) is 127 cm³/mol. The summed E-state index contributed by atoms with van der Waals surface area (Å²) in [6.07, 6.45) is 6.71. The molecule has 0 unspecified atom stereocenters. The van der Waals surface area contributed by atoms with Crippen LogP contribution < -0.4 is 4.74 Å². The Labute approximate surface area is 204 Å². The van der Waals surface area contributed by atoms with E-state index in [1.165, 1.54) is 16.9 Å². The van der Waals surface area contributed by atoms with Gasteiger partial charge in [0.25, 0.3) is 0 Å². The molecular weight excluding hydrogens is 448 g/mol. The fourth-order valence-electron chi connectivity index (χ4n) is 6.62. The number of phenols is 1. The first-order valence-corrected chi connectivity index (χ1v) is 12.3. The zero-order valence-corrected chi connectivity index (χ0v) is 20.1. The number of benzene rings is 1. The van der Waals surface area contributed by atoms with E-state index < -0.39 is 23.7 Å². The second kappa shape index (κ2) is 8.66. The zero-order valence-electron chi connectivity index (χ0n) is 20.1. The molecule has 8 heteroatoms. The highest BCUT2D eigenvalue weighted by Crippen LogP contribution is 2.55. The van der Waals surface area contributed by atoms with Gasteiger partial charge in [-0.3, -0.25) is 29.0 Å². The molecule has 1 aromatic carbocycles. The molecule has 0 bridgehead atoms. The summed E-state index contributed by atoms with van der Waals surface area (Å²) in [7, 11) is 1.48. The Morgan fingerprint density at radius 2 is 1.60 bits per heavy atom. The predicted octanol–water partition coefficient (Wildman–Crippen LogP) is 2.62. The molecule has 184 valence electrons. The molecule has 0 spiro atoms. The van der Waals surface area contributed by atoms with Gasteiger partial charge in [0.1, 0.15) is 0 Å². The van der Waals surface area contributed by atoms with E-state index in [1.54, 1.807) is 32.0 Å². The van der Waals surface area contributed by atoms with E-state index in [2.05, 4.69) is 0 Å². The molecule has 2 heterocycles. The van der Waals surface area contributed by atoms with Gasteiger partial charge in [0.15, 0.2) is 11.5 Å². The summed E-state index contributed by atoms with van der Waals surface area (Å²) in [6.45, 7) is 4.24. The monoisotopic (exact) mass is 478 g/mol. The van der Waals surface area contributed by atoms with Crippen molar-refractivity contribution in [3.63, 3.8) is 0 Å². The smallest absolute Gasteiger partial charge is 0.234 e. The number of hydrogen-bond acceptors (Lipinski definition) is 6. The number of phenolic OH excluding ortho intramolecular Hbond substituents is 1. The molecule has 35 heavy (non-hydrogen) atoms. The van der Waals surface area contributed by atoms with Crippen LogP contribution in [0.25, 0.3) is 6.08 Å². The number of carbonyl (C=O) groups excluding carboxylic acids is 4. The number of carbonyl (C=O) groups is 4. The molecule has 2 aliphatic carbocycles. The molecular formula is C27H30N2O6. The maximum Gasteiger partial charge on any atom is 0.234 e. The Morgan fingerprint density at radius 3 is 2.26 bits per heavy atom. The third-order valence-corrected chi connectivity index (χ3v) is 8.22. The van der Waals surface area contributed by atoms with Gasteiger partial charge in [0.05, 0.1) is 30.8 Å². The molecule has 1 N–H and O–H groups in total. The lowest BCUT2D eigenvalue weighted by molar-refractivity contribution is -0.141. The van der Waals surface area contributed by atoms with Crippen molar-refractivity contribution in [1.29, 1.82) is 0 Å². The van der Waals surface area contributed by atoms with E-state index in [1.807, 2.05) is 18.2 Å². The van der Waals surface area contributed by atoms with Gasteiger partial charge in [-0.1, -0.05) is 29.9 Å². The highest BCUT2D eigenvalue weighted by atomic mass is 16.5. The number of nitrogens with zero attached hydrogens (tertiary/aromatic N) is 2. The van der Waals surface area contributed by atoms with E-state index >= 15 is 0 Å². The topological polar surface area (TPSA) is 104 Å². The maximum atomic E-state index is 13.3. The van der Waals surface area contributed by atoms with Gasteiger partial charge in [-0.05, 0) is 50.3 Å². The first-order chi connectivity index (χ1) is 16.8. The number of methoxy groups -OCH3 is 1. The minimum atomic E-state index is -0.522. The molecule has 0 radical (unpaired) electrons. The van der Waals surface area contributed by atoms with E-state index in [-0.39, 0.29) is 41.2 Å². The molecule has 6 atom stereocenters.